The molecule has 6 nitrogen and oxygen atoms in total. The van der Waals surface area contributed by atoms with Gasteiger partial charge in [-0.1, -0.05) is 29.8 Å². The van der Waals surface area contributed by atoms with Crippen molar-refractivity contribution in [1.29, 1.82) is 0 Å². The van der Waals surface area contributed by atoms with E-state index in [0.29, 0.717) is 12.1 Å². The van der Waals surface area contributed by atoms with Crippen LogP contribution in [0, 0.1) is 10.1 Å². The lowest BCUT2D eigenvalue weighted by molar-refractivity contribution is -0.387. The molecule has 1 N–H and O–H groups in total. The van der Waals surface area contributed by atoms with Crippen molar-refractivity contribution in [2.24, 2.45) is 0 Å². The Morgan fingerprint density at radius 3 is 2.54 bits per heavy atom. The molecule has 1 aliphatic heterocycles. The third-order valence-electron chi connectivity index (χ3n) is 4.54. The van der Waals surface area contributed by atoms with Crippen molar-refractivity contribution in [3.05, 3.63) is 68.8 Å². The monoisotopic (exact) mass is 385 g/mol. The molecule has 0 radical (unpaired) electrons. The Morgan fingerprint density at radius 1 is 1.23 bits per heavy atom. The number of benzene rings is 2. The third-order valence-corrected chi connectivity index (χ3v) is 5.17. The van der Waals surface area contributed by atoms with E-state index >= 15 is 0 Å². The highest BCUT2D eigenvalue weighted by Gasteiger charge is 2.72. The van der Waals surface area contributed by atoms with Crippen LogP contribution in [-0.4, -0.2) is 15.8 Å². The van der Waals surface area contributed by atoms with Gasteiger partial charge in [0.15, 0.2) is 5.78 Å². The summed E-state index contributed by atoms with van der Waals surface area (Å²) >= 11 is 6.37. The van der Waals surface area contributed by atoms with Gasteiger partial charge in [-0.3, -0.25) is 14.9 Å². The molecule has 0 spiro atoms. The van der Waals surface area contributed by atoms with Gasteiger partial charge in [0.25, 0.3) is 11.5 Å². The molecule has 134 valence electrons. The van der Waals surface area contributed by atoms with E-state index in [4.69, 9.17) is 16.3 Å². The lowest BCUT2D eigenvalue weighted by atomic mass is 9.90. The zero-order valence-electron chi connectivity index (χ0n) is 12.5. The number of nitro groups is 1. The number of carbonyl (C=O) groups is 1. The van der Waals surface area contributed by atoms with Crippen molar-refractivity contribution < 1.29 is 32.7 Å². The average Bonchev–Trinajstić information content (AvgIpc) is 2.90. The van der Waals surface area contributed by atoms with Gasteiger partial charge in [0.2, 0.25) is 4.87 Å². The molecule has 0 fully saturated rings. The van der Waals surface area contributed by atoms with Crippen molar-refractivity contribution in [1.82, 2.24) is 0 Å². The molecule has 10 heteroatoms. The largest absolute Gasteiger partial charge is 0.455 e. The van der Waals surface area contributed by atoms with Crippen LogP contribution in [0.4, 0.5) is 18.9 Å². The summed E-state index contributed by atoms with van der Waals surface area (Å²) in [6.07, 6.45) is -4.69. The van der Waals surface area contributed by atoms with Crippen LogP contribution in [0.5, 0.6) is 5.75 Å². The standard InChI is InChI=1S/C16H7ClF3NO5/c17-14-9-5-4-7(16(18,19)20)6-11(9)26-15(14,23)12-8(13(14)22)2-1-3-10(12)21(24)25/h1-6,23H. The zero-order chi connectivity index (χ0) is 19.1. The minimum Gasteiger partial charge on any atom is -0.455 e. The van der Waals surface area contributed by atoms with Crippen LogP contribution in [0.2, 0.25) is 0 Å². The summed E-state index contributed by atoms with van der Waals surface area (Å²) in [5.41, 5.74) is -2.58. The maximum Gasteiger partial charge on any atom is 0.416 e. The number of nitro benzene ring substituents is 1. The molecule has 1 heterocycles. The van der Waals surface area contributed by atoms with Gasteiger partial charge in [0.05, 0.1) is 10.5 Å². The summed E-state index contributed by atoms with van der Waals surface area (Å²) in [6.45, 7) is 0. The number of ketones is 1. The van der Waals surface area contributed by atoms with Crippen molar-refractivity contribution in [2.75, 3.05) is 0 Å². The van der Waals surface area contributed by atoms with E-state index in [2.05, 4.69) is 0 Å². The number of aliphatic hydroxyl groups is 1. The summed E-state index contributed by atoms with van der Waals surface area (Å²) in [5, 5.41) is 22.3. The molecular weight excluding hydrogens is 379 g/mol. The fourth-order valence-electron chi connectivity index (χ4n) is 3.40. The Labute approximate surface area is 147 Å². The molecular formula is C16H7ClF3NO5. The summed E-state index contributed by atoms with van der Waals surface area (Å²) < 4.78 is 44.0. The Bertz CT molecular complexity index is 1010. The first-order chi connectivity index (χ1) is 12.0. The maximum absolute atomic E-state index is 12.9. The maximum atomic E-state index is 12.9. The number of nitrogens with zero attached hydrogens (tertiary/aromatic N) is 1. The quantitative estimate of drug-likeness (QED) is 0.461. The van der Waals surface area contributed by atoms with Gasteiger partial charge < -0.3 is 9.84 Å². The molecule has 0 bridgehead atoms. The summed E-state index contributed by atoms with van der Waals surface area (Å²) in [4.78, 5) is 21.0. The van der Waals surface area contributed by atoms with E-state index < -0.39 is 50.1 Å². The Morgan fingerprint density at radius 2 is 1.92 bits per heavy atom. The van der Waals surface area contributed by atoms with Gasteiger partial charge in [0, 0.05) is 17.2 Å². The average molecular weight is 386 g/mol. The number of carbonyl (C=O) groups excluding carboxylic acids is 1. The van der Waals surface area contributed by atoms with Crippen molar-refractivity contribution in [2.45, 2.75) is 16.8 Å². The highest BCUT2D eigenvalue weighted by atomic mass is 35.5. The molecule has 2 atom stereocenters. The molecule has 26 heavy (non-hydrogen) atoms. The predicted octanol–water partition coefficient (Wildman–Crippen LogP) is 3.48. The summed E-state index contributed by atoms with van der Waals surface area (Å²) in [7, 11) is 0. The normalized spacial score (nSPS) is 26.1. The van der Waals surface area contributed by atoms with Crippen LogP contribution < -0.4 is 4.74 Å². The second kappa shape index (κ2) is 4.74. The first-order valence-electron chi connectivity index (χ1n) is 7.16. The van der Waals surface area contributed by atoms with Crippen LogP contribution in [-0.2, 0) is 16.8 Å². The number of rotatable bonds is 1. The molecule has 0 saturated heterocycles. The fraction of sp³-hybridized carbons (Fsp3) is 0.188. The van der Waals surface area contributed by atoms with Crippen LogP contribution >= 0.6 is 11.6 Å². The molecule has 2 unspecified atom stereocenters. The lowest BCUT2D eigenvalue weighted by Gasteiger charge is -2.27. The minimum absolute atomic E-state index is 0.190. The van der Waals surface area contributed by atoms with E-state index in [1.165, 1.54) is 12.1 Å². The second-order valence-electron chi connectivity index (χ2n) is 5.90. The molecule has 0 aromatic heterocycles. The van der Waals surface area contributed by atoms with E-state index in [-0.39, 0.29) is 11.1 Å². The first-order valence-corrected chi connectivity index (χ1v) is 7.54. The highest BCUT2D eigenvalue weighted by Crippen LogP contribution is 2.63. The molecule has 0 amide bonds. The van der Waals surface area contributed by atoms with Gasteiger partial charge in [-0.25, -0.2) is 0 Å². The smallest absolute Gasteiger partial charge is 0.416 e. The molecule has 2 aromatic carbocycles. The van der Waals surface area contributed by atoms with E-state index in [9.17, 15) is 33.2 Å². The fourth-order valence-corrected chi connectivity index (χ4v) is 3.79. The molecule has 1 aliphatic carbocycles. The number of ether oxygens (including phenoxy) is 1. The van der Waals surface area contributed by atoms with Crippen molar-refractivity contribution in [3.8, 4) is 5.75 Å². The van der Waals surface area contributed by atoms with Crippen molar-refractivity contribution >= 4 is 23.1 Å². The number of halogens is 4. The van der Waals surface area contributed by atoms with Crippen LogP contribution in [0.3, 0.4) is 0 Å². The summed E-state index contributed by atoms with van der Waals surface area (Å²) in [6, 6.07) is 5.74. The van der Waals surface area contributed by atoms with Crippen LogP contribution in [0.1, 0.15) is 27.0 Å². The van der Waals surface area contributed by atoms with Gasteiger partial charge in [-0.05, 0) is 12.1 Å². The minimum atomic E-state index is -4.69. The number of hydrogen-bond donors (Lipinski definition) is 1. The molecule has 2 aromatic rings. The van der Waals surface area contributed by atoms with Gasteiger partial charge >= 0.3 is 6.18 Å². The zero-order valence-corrected chi connectivity index (χ0v) is 13.3. The molecule has 0 saturated carbocycles. The predicted molar refractivity (Wildman–Crippen MR) is 80.9 cm³/mol. The van der Waals surface area contributed by atoms with E-state index in [0.717, 1.165) is 12.1 Å². The summed E-state index contributed by atoms with van der Waals surface area (Å²) in [5.74, 6) is -4.05. The number of fused-ring (bicyclic) bond motifs is 5. The van der Waals surface area contributed by atoms with Gasteiger partial charge in [0.1, 0.15) is 11.3 Å². The van der Waals surface area contributed by atoms with Crippen molar-refractivity contribution in [3.63, 3.8) is 0 Å². The molecule has 4 rings (SSSR count). The Kier molecular flexibility index (Phi) is 3.06. The number of hydrogen-bond acceptors (Lipinski definition) is 5. The Balaban J connectivity index is 1.99. The van der Waals surface area contributed by atoms with Gasteiger partial charge in [-0.2, -0.15) is 13.2 Å². The number of Topliss-reactive ketones (excluding diaryl/α,β-unsaturated/α-hetero) is 1. The molecule has 2 aliphatic rings. The topological polar surface area (TPSA) is 89.7 Å². The highest BCUT2D eigenvalue weighted by molar-refractivity contribution is 6.41. The number of alkyl halides is 4. The van der Waals surface area contributed by atoms with Crippen LogP contribution in [0.15, 0.2) is 36.4 Å². The first kappa shape index (κ1) is 16.8. The lowest BCUT2D eigenvalue weighted by Crippen LogP contribution is -2.44. The third kappa shape index (κ3) is 1.79. The van der Waals surface area contributed by atoms with Crippen LogP contribution in [0.25, 0.3) is 0 Å². The second-order valence-corrected chi connectivity index (χ2v) is 6.47. The van der Waals surface area contributed by atoms with E-state index in [1.807, 2.05) is 0 Å². The SMILES string of the molecule is O=C1c2cccc([N+](=O)[O-])c2C2(O)Oc3cc(C(F)(F)F)ccc3C12Cl. The van der Waals surface area contributed by atoms with E-state index in [1.54, 1.807) is 0 Å². The van der Waals surface area contributed by atoms with Gasteiger partial charge in [-0.15, -0.1) is 0 Å². The Hall–Kier alpha value is -2.65.